The van der Waals surface area contributed by atoms with Gasteiger partial charge in [-0.1, -0.05) is 127 Å². The zero-order valence-electron chi connectivity index (χ0n) is 27.1. The molecular formula is C39H46N4S. The number of hydrogen-bond acceptors (Lipinski definition) is 4. The van der Waals surface area contributed by atoms with E-state index in [-0.39, 0.29) is 5.41 Å². The molecule has 0 bridgehead atoms. The summed E-state index contributed by atoms with van der Waals surface area (Å²) in [5, 5.41) is 10.4. The van der Waals surface area contributed by atoms with E-state index in [0.29, 0.717) is 11.3 Å². The molecule has 1 aliphatic rings. The number of nitrogens with zero attached hydrogens (tertiary/aromatic N) is 4. The van der Waals surface area contributed by atoms with Crippen molar-refractivity contribution in [2.75, 3.05) is 0 Å². The van der Waals surface area contributed by atoms with Crippen molar-refractivity contribution in [1.29, 1.82) is 5.26 Å². The van der Waals surface area contributed by atoms with Crippen LogP contribution in [-0.2, 0) is 5.41 Å². The molecule has 4 aromatic rings. The molecule has 0 amide bonds. The molecule has 0 radical (unpaired) electrons. The molecule has 3 aromatic carbocycles. The predicted molar refractivity (Wildman–Crippen MR) is 186 cm³/mol. The third kappa shape index (κ3) is 6.05. The van der Waals surface area contributed by atoms with E-state index in [9.17, 15) is 5.26 Å². The van der Waals surface area contributed by atoms with Crippen LogP contribution in [0.1, 0.15) is 132 Å². The molecule has 0 saturated carbocycles. The second-order valence-electron chi connectivity index (χ2n) is 12.8. The number of nitriles is 1. The van der Waals surface area contributed by atoms with Gasteiger partial charge in [-0.2, -0.15) is 14.0 Å². The van der Waals surface area contributed by atoms with Gasteiger partial charge in [0, 0.05) is 11.0 Å². The molecule has 0 saturated heterocycles. The van der Waals surface area contributed by atoms with Crippen molar-refractivity contribution < 1.29 is 0 Å². The summed E-state index contributed by atoms with van der Waals surface area (Å²) in [5.41, 5.74) is 11.6. The zero-order chi connectivity index (χ0) is 31.1. The number of fused-ring (bicyclic) bond motifs is 4. The SMILES string of the molecule is [C-]#[N+]c1c(C#N)c(-c2ccc3c(c2)C(CCCCCCCC)(CCCCCCCC)c2cc(C)ccc2-3)c2nsnc2c1C. The fourth-order valence-electron chi connectivity index (χ4n) is 7.51. The van der Waals surface area contributed by atoms with Crippen molar-refractivity contribution >= 4 is 28.4 Å². The van der Waals surface area contributed by atoms with Crippen LogP contribution in [0, 0.1) is 31.8 Å². The van der Waals surface area contributed by atoms with Crippen molar-refractivity contribution in [3.63, 3.8) is 0 Å². The second-order valence-corrected chi connectivity index (χ2v) is 13.4. The normalized spacial score (nSPS) is 13.0. The van der Waals surface area contributed by atoms with Crippen LogP contribution in [0.5, 0.6) is 0 Å². The Kier molecular flexibility index (Phi) is 10.5. The number of unbranched alkanes of at least 4 members (excludes halogenated alkanes) is 10. The Morgan fingerprint density at radius 1 is 0.773 bits per heavy atom. The van der Waals surface area contributed by atoms with E-state index < -0.39 is 0 Å². The molecule has 0 N–H and O–H groups in total. The third-order valence-electron chi connectivity index (χ3n) is 9.86. The molecule has 5 heteroatoms. The largest absolute Gasteiger partial charge is 0.236 e. The van der Waals surface area contributed by atoms with Crippen molar-refractivity contribution in [2.24, 2.45) is 0 Å². The van der Waals surface area contributed by atoms with Gasteiger partial charge in [-0.3, -0.25) is 0 Å². The highest BCUT2D eigenvalue weighted by molar-refractivity contribution is 7.00. The first kappa shape index (κ1) is 31.9. The highest BCUT2D eigenvalue weighted by atomic mass is 32.1. The summed E-state index contributed by atoms with van der Waals surface area (Å²) in [7, 11) is 0. The molecule has 0 fully saturated rings. The van der Waals surface area contributed by atoms with Gasteiger partial charge in [0.1, 0.15) is 5.52 Å². The molecule has 0 atom stereocenters. The first-order chi connectivity index (χ1) is 21.5. The minimum absolute atomic E-state index is 0.0538. The minimum Gasteiger partial charge on any atom is -0.236 e. The smallest absolute Gasteiger partial charge is 0.210 e. The quantitative estimate of drug-likeness (QED) is 0.100. The van der Waals surface area contributed by atoms with Crippen LogP contribution in [0.25, 0.3) is 38.1 Å². The van der Waals surface area contributed by atoms with Crippen molar-refractivity contribution in [3.05, 3.63) is 75.6 Å². The summed E-state index contributed by atoms with van der Waals surface area (Å²) in [4.78, 5) is 3.81. The summed E-state index contributed by atoms with van der Waals surface area (Å²) in [6.07, 6.45) is 17.7. The van der Waals surface area contributed by atoms with Gasteiger partial charge in [-0.25, -0.2) is 4.85 Å². The Balaban J connectivity index is 1.64. The van der Waals surface area contributed by atoms with E-state index in [1.165, 1.54) is 105 Å². The maximum Gasteiger partial charge on any atom is 0.210 e. The molecule has 0 unspecified atom stereocenters. The summed E-state index contributed by atoms with van der Waals surface area (Å²) < 4.78 is 9.22. The van der Waals surface area contributed by atoms with Crippen LogP contribution in [0.4, 0.5) is 5.69 Å². The van der Waals surface area contributed by atoms with Gasteiger partial charge >= 0.3 is 0 Å². The van der Waals surface area contributed by atoms with E-state index in [2.05, 4.69) is 76.8 Å². The van der Waals surface area contributed by atoms with Crippen molar-refractivity contribution in [3.8, 4) is 28.3 Å². The highest BCUT2D eigenvalue weighted by Gasteiger charge is 2.42. The topological polar surface area (TPSA) is 53.9 Å². The lowest BCUT2D eigenvalue weighted by Gasteiger charge is -2.33. The van der Waals surface area contributed by atoms with Gasteiger partial charge < -0.3 is 0 Å². The van der Waals surface area contributed by atoms with Crippen molar-refractivity contribution in [1.82, 2.24) is 8.75 Å². The molecule has 5 rings (SSSR count). The molecule has 0 aliphatic heterocycles. The van der Waals surface area contributed by atoms with Crippen LogP contribution in [0.2, 0.25) is 0 Å². The first-order valence-corrected chi connectivity index (χ1v) is 17.6. The third-order valence-corrected chi connectivity index (χ3v) is 10.4. The van der Waals surface area contributed by atoms with E-state index in [4.69, 9.17) is 6.57 Å². The maximum atomic E-state index is 10.4. The van der Waals surface area contributed by atoms with Gasteiger partial charge in [-0.05, 0) is 66.1 Å². The Morgan fingerprint density at radius 2 is 1.34 bits per heavy atom. The van der Waals surface area contributed by atoms with E-state index in [1.807, 2.05) is 6.92 Å². The summed E-state index contributed by atoms with van der Waals surface area (Å²) in [6, 6.07) is 16.2. The van der Waals surface area contributed by atoms with Crippen molar-refractivity contribution in [2.45, 2.75) is 123 Å². The number of hydrogen-bond donors (Lipinski definition) is 0. The van der Waals surface area contributed by atoms with Crippen LogP contribution < -0.4 is 0 Å². The van der Waals surface area contributed by atoms with E-state index in [0.717, 1.165) is 52.3 Å². The monoisotopic (exact) mass is 602 g/mol. The van der Waals surface area contributed by atoms with Gasteiger partial charge in [-0.15, -0.1) is 0 Å². The van der Waals surface area contributed by atoms with Crippen LogP contribution in [-0.4, -0.2) is 8.75 Å². The molecule has 1 aliphatic carbocycles. The molecule has 44 heavy (non-hydrogen) atoms. The highest BCUT2D eigenvalue weighted by Crippen LogP contribution is 2.55. The number of benzene rings is 3. The zero-order valence-corrected chi connectivity index (χ0v) is 27.9. The maximum absolute atomic E-state index is 10.4. The Hall–Kier alpha value is -3.54. The molecule has 1 heterocycles. The molecule has 4 nitrogen and oxygen atoms in total. The lowest BCUT2D eigenvalue weighted by atomic mass is 9.70. The molecule has 228 valence electrons. The van der Waals surface area contributed by atoms with Crippen LogP contribution in [0.15, 0.2) is 36.4 Å². The minimum atomic E-state index is -0.0538. The van der Waals surface area contributed by atoms with Gasteiger partial charge in [0.25, 0.3) is 0 Å². The van der Waals surface area contributed by atoms with Crippen LogP contribution in [0.3, 0.4) is 0 Å². The second kappa shape index (κ2) is 14.5. The molecule has 0 spiro atoms. The Labute approximate surface area is 268 Å². The summed E-state index contributed by atoms with van der Waals surface area (Å²) in [6.45, 7) is 16.6. The fourth-order valence-corrected chi connectivity index (χ4v) is 8.11. The lowest BCUT2D eigenvalue weighted by molar-refractivity contribution is 0.398. The average Bonchev–Trinajstić information content (AvgIpc) is 3.62. The average molecular weight is 603 g/mol. The number of rotatable bonds is 15. The van der Waals surface area contributed by atoms with E-state index in [1.54, 1.807) is 0 Å². The lowest BCUT2D eigenvalue weighted by Crippen LogP contribution is -2.25. The van der Waals surface area contributed by atoms with Gasteiger partial charge in [0.2, 0.25) is 5.69 Å². The first-order valence-electron chi connectivity index (χ1n) is 16.8. The Bertz CT molecular complexity index is 1680. The van der Waals surface area contributed by atoms with Gasteiger partial charge in [0.05, 0.1) is 35.4 Å². The summed E-state index contributed by atoms with van der Waals surface area (Å²) >= 11 is 1.16. The Morgan fingerprint density at radius 3 is 1.95 bits per heavy atom. The molecular weight excluding hydrogens is 557 g/mol. The fraction of sp³-hybridized carbons (Fsp3) is 0.487. The van der Waals surface area contributed by atoms with Gasteiger partial charge in [0.15, 0.2) is 0 Å². The molecule has 1 aromatic heterocycles. The standard InChI is InChI=1S/C39H46N4S/c1-6-8-10-12-14-16-22-39(23-17-15-13-11-9-7-2)33-24-27(3)18-20-30(33)31-21-19-29(25-34(31)39)35-32(26-40)36(41-5)28(4)37-38(35)43-44-42-37/h18-21,24-25H,6-17,22-23H2,1-4H3. The predicted octanol–water partition coefficient (Wildman–Crippen LogP) is 12.2. The van der Waals surface area contributed by atoms with Crippen LogP contribution >= 0.6 is 11.7 Å². The summed E-state index contributed by atoms with van der Waals surface area (Å²) in [5.74, 6) is 0. The van der Waals surface area contributed by atoms with E-state index >= 15 is 0 Å². The number of aromatic nitrogens is 2. The number of aryl methyl sites for hydroxylation is 2.